The number of rotatable bonds is 5. The number of hydrogen-bond donors (Lipinski definition) is 2. The summed E-state index contributed by atoms with van der Waals surface area (Å²) in [6.07, 6.45) is -3.08. The molecule has 0 radical (unpaired) electrons. The van der Waals surface area contributed by atoms with Crippen molar-refractivity contribution in [2.45, 2.75) is 45.0 Å². The van der Waals surface area contributed by atoms with E-state index in [1.165, 1.54) is 4.90 Å². The highest BCUT2D eigenvalue weighted by atomic mass is 19.4. The molecule has 6 heteroatoms. The van der Waals surface area contributed by atoms with Gasteiger partial charge in [-0.1, -0.05) is 13.8 Å². The van der Waals surface area contributed by atoms with E-state index in [1.54, 1.807) is 0 Å². The summed E-state index contributed by atoms with van der Waals surface area (Å²) in [5, 5.41) is 12.9. The number of aliphatic hydroxyl groups is 1. The minimum absolute atomic E-state index is 0.197. The Hall–Kier alpha value is -0.330. The van der Waals surface area contributed by atoms with E-state index >= 15 is 0 Å². The highest BCUT2D eigenvalue weighted by Gasteiger charge is 2.32. The van der Waals surface area contributed by atoms with Crippen LogP contribution in [-0.2, 0) is 0 Å². The van der Waals surface area contributed by atoms with Gasteiger partial charge in [-0.2, -0.15) is 13.2 Å². The van der Waals surface area contributed by atoms with Gasteiger partial charge in [-0.15, -0.1) is 0 Å². The number of piperidine rings is 1. The molecule has 1 rings (SSSR count). The maximum absolute atomic E-state index is 12.2. The first-order valence-corrected chi connectivity index (χ1v) is 6.48. The lowest BCUT2D eigenvalue weighted by atomic mass is 10.0. The van der Waals surface area contributed by atoms with Gasteiger partial charge in [0.05, 0.1) is 12.6 Å². The number of nitrogens with zero attached hydrogens (tertiary/aromatic N) is 1. The average Bonchev–Trinajstić information content (AvgIpc) is 2.25. The molecule has 2 N–H and O–H groups in total. The first kappa shape index (κ1) is 15.7. The third kappa shape index (κ3) is 6.02. The lowest BCUT2D eigenvalue weighted by Crippen LogP contribution is -2.47. The van der Waals surface area contributed by atoms with Crippen LogP contribution in [0.3, 0.4) is 0 Å². The smallest absolute Gasteiger partial charge is 0.392 e. The third-order valence-electron chi connectivity index (χ3n) is 3.38. The van der Waals surface area contributed by atoms with Crippen LogP contribution < -0.4 is 5.32 Å². The van der Waals surface area contributed by atoms with E-state index in [0.717, 1.165) is 0 Å². The Kier molecular flexibility index (Phi) is 5.88. The van der Waals surface area contributed by atoms with Crippen molar-refractivity contribution in [1.82, 2.24) is 10.2 Å². The summed E-state index contributed by atoms with van der Waals surface area (Å²) < 4.78 is 36.6. The molecule has 1 unspecified atom stereocenters. The van der Waals surface area contributed by atoms with Gasteiger partial charge in [0.25, 0.3) is 0 Å². The lowest BCUT2D eigenvalue weighted by molar-refractivity contribution is -0.148. The normalized spacial score (nSPS) is 21.5. The number of hydrogen-bond acceptors (Lipinski definition) is 3. The molecule has 0 aromatic carbocycles. The zero-order chi connectivity index (χ0) is 13.8. The SMILES string of the molecule is CC(C)C(O)CNC1CCN(CC(F)(F)F)CC1. The van der Waals surface area contributed by atoms with Crippen LogP contribution in [0.4, 0.5) is 13.2 Å². The molecule has 0 amide bonds. The molecule has 1 aliphatic rings. The minimum atomic E-state index is -4.10. The van der Waals surface area contributed by atoms with Gasteiger partial charge < -0.3 is 10.4 Å². The Morgan fingerprint density at radius 1 is 1.28 bits per heavy atom. The Balaban J connectivity index is 2.19. The molecule has 1 saturated heterocycles. The minimum Gasteiger partial charge on any atom is -0.392 e. The summed E-state index contributed by atoms with van der Waals surface area (Å²) >= 11 is 0. The van der Waals surface area contributed by atoms with Crippen molar-refractivity contribution in [1.29, 1.82) is 0 Å². The van der Waals surface area contributed by atoms with Gasteiger partial charge >= 0.3 is 6.18 Å². The maximum Gasteiger partial charge on any atom is 0.401 e. The highest BCUT2D eigenvalue weighted by molar-refractivity contribution is 4.79. The summed E-state index contributed by atoms with van der Waals surface area (Å²) in [6.45, 7) is 4.52. The predicted molar refractivity (Wildman–Crippen MR) is 64.4 cm³/mol. The maximum atomic E-state index is 12.2. The van der Waals surface area contributed by atoms with E-state index in [1.807, 2.05) is 13.8 Å². The van der Waals surface area contributed by atoms with Crippen LogP contribution in [0.25, 0.3) is 0 Å². The van der Waals surface area contributed by atoms with Crippen LogP contribution in [0.2, 0.25) is 0 Å². The molecule has 0 aromatic heterocycles. The molecule has 0 aliphatic carbocycles. The second kappa shape index (κ2) is 6.73. The molecule has 108 valence electrons. The van der Waals surface area contributed by atoms with E-state index in [2.05, 4.69) is 5.32 Å². The number of alkyl halides is 3. The molecule has 1 heterocycles. The van der Waals surface area contributed by atoms with E-state index < -0.39 is 18.8 Å². The van der Waals surface area contributed by atoms with E-state index in [4.69, 9.17) is 0 Å². The topological polar surface area (TPSA) is 35.5 Å². The zero-order valence-corrected chi connectivity index (χ0v) is 11.0. The fraction of sp³-hybridized carbons (Fsp3) is 1.00. The number of halogens is 3. The van der Waals surface area contributed by atoms with Crippen molar-refractivity contribution in [3.63, 3.8) is 0 Å². The van der Waals surface area contributed by atoms with Gasteiger partial charge in [0.1, 0.15) is 0 Å². The summed E-state index contributed by atoms with van der Waals surface area (Å²) in [5.74, 6) is 0.197. The predicted octanol–water partition coefficient (Wildman–Crippen LogP) is 1.62. The van der Waals surface area contributed by atoms with Gasteiger partial charge in [-0.3, -0.25) is 4.90 Å². The van der Waals surface area contributed by atoms with Crippen LogP contribution in [0.1, 0.15) is 26.7 Å². The second-order valence-corrected chi connectivity index (χ2v) is 5.39. The number of nitrogens with one attached hydrogen (secondary N) is 1. The van der Waals surface area contributed by atoms with Crippen LogP contribution in [0.5, 0.6) is 0 Å². The summed E-state index contributed by atoms with van der Waals surface area (Å²) in [6, 6.07) is 0.225. The zero-order valence-electron chi connectivity index (χ0n) is 11.0. The molecule has 18 heavy (non-hydrogen) atoms. The number of likely N-dealkylation sites (tertiary alicyclic amines) is 1. The van der Waals surface area contributed by atoms with Gasteiger partial charge in [-0.25, -0.2) is 0 Å². The summed E-state index contributed by atoms with van der Waals surface area (Å²) in [5.41, 5.74) is 0. The van der Waals surface area contributed by atoms with Gasteiger partial charge in [0.15, 0.2) is 0 Å². The van der Waals surface area contributed by atoms with Crippen LogP contribution >= 0.6 is 0 Å². The third-order valence-corrected chi connectivity index (χ3v) is 3.38. The van der Waals surface area contributed by atoms with Gasteiger partial charge in [0, 0.05) is 12.6 Å². The van der Waals surface area contributed by atoms with Gasteiger partial charge in [-0.05, 0) is 31.8 Å². The van der Waals surface area contributed by atoms with Gasteiger partial charge in [0.2, 0.25) is 0 Å². The molecule has 1 fully saturated rings. The van der Waals surface area contributed by atoms with Crippen molar-refractivity contribution in [2.24, 2.45) is 5.92 Å². The molecule has 1 aliphatic heterocycles. The monoisotopic (exact) mass is 268 g/mol. The second-order valence-electron chi connectivity index (χ2n) is 5.39. The Morgan fingerprint density at radius 3 is 2.28 bits per heavy atom. The van der Waals surface area contributed by atoms with Crippen LogP contribution in [-0.4, -0.2) is 54.5 Å². The first-order chi connectivity index (χ1) is 8.28. The van der Waals surface area contributed by atoms with Crippen molar-refractivity contribution >= 4 is 0 Å². The van der Waals surface area contributed by atoms with Crippen LogP contribution in [0.15, 0.2) is 0 Å². The highest BCUT2D eigenvalue weighted by Crippen LogP contribution is 2.19. The first-order valence-electron chi connectivity index (χ1n) is 6.48. The molecule has 0 aromatic rings. The fourth-order valence-corrected chi connectivity index (χ4v) is 2.07. The Labute approximate surface area is 106 Å². The molecule has 1 atom stereocenters. The van der Waals surface area contributed by atoms with Crippen molar-refractivity contribution in [3.05, 3.63) is 0 Å². The van der Waals surface area contributed by atoms with Crippen LogP contribution in [0, 0.1) is 5.92 Å². The molecule has 0 spiro atoms. The average molecular weight is 268 g/mol. The standard InChI is InChI=1S/C12H23F3N2O/c1-9(2)11(18)7-16-10-3-5-17(6-4-10)8-12(13,14)15/h9-11,16,18H,3-8H2,1-2H3. The molecule has 0 bridgehead atoms. The largest absolute Gasteiger partial charge is 0.401 e. The molecule has 0 saturated carbocycles. The summed E-state index contributed by atoms with van der Waals surface area (Å²) in [4.78, 5) is 1.44. The Morgan fingerprint density at radius 2 is 1.83 bits per heavy atom. The molecular formula is C12H23F3N2O. The lowest BCUT2D eigenvalue weighted by Gasteiger charge is -2.33. The fourth-order valence-electron chi connectivity index (χ4n) is 2.07. The quantitative estimate of drug-likeness (QED) is 0.795. The van der Waals surface area contributed by atoms with E-state index in [-0.39, 0.29) is 12.0 Å². The molecule has 3 nitrogen and oxygen atoms in total. The van der Waals surface area contributed by atoms with Crippen molar-refractivity contribution in [2.75, 3.05) is 26.2 Å². The summed E-state index contributed by atoms with van der Waals surface area (Å²) in [7, 11) is 0. The van der Waals surface area contributed by atoms with E-state index in [0.29, 0.717) is 32.5 Å². The Bertz CT molecular complexity index is 238. The molecular weight excluding hydrogens is 245 g/mol. The van der Waals surface area contributed by atoms with Crippen molar-refractivity contribution in [3.8, 4) is 0 Å². The van der Waals surface area contributed by atoms with Crippen molar-refractivity contribution < 1.29 is 18.3 Å². The van der Waals surface area contributed by atoms with E-state index in [9.17, 15) is 18.3 Å². The number of aliphatic hydroxyl groups excluding tert-OH is 1.